The predicted octanol–water partition coefficient (Wildman–Crippen LogP) is 3.18. The van der Waals surface area contributed by atoms with E-state index in [1.165, 1.54) is 12.8 Å². The smallest absolute Gasteiger partial charge is 0.226 e. The van der Waals surface area contributed by atoms with Gasteiger partial charge in [-0.25, -0.2) is 4.98 Å². The average molecular weight is 306 g/mol. The van der Waals surface area contributed by atoms with Gasteiger partial charge in [-0.3, -0.25) is 4.90 Å². The molecule has 5 heteroatoms. The molecule has 0 aliphatic carbocycles. The molecule has 21 heavy (non-hydrogen) atoms. The third-order valence-electron chi connectivity index (χ3n) is 3.75. The summed E-state index contributed by atoms with van der Waals surface area (Å²) in [5, 5.41) is 4.20. The minimum absolute atomic E-state index is 0.606. The van der Waals surface area contributed by atoms with Crippen molar-refractivity contribution in [1.29, 1.82) is 0 Å². The molecule has 112 valence electrons. The zero-order valence-electron chi connectivity index (χ0n) is 12.2. The molecule has 0 bridgehead atoms. The number of halogens is 1. The van der Waals surface area contributed by atoms with Crippen LogP contribution in [0.2, 0.25) is 5.02 Å². The van der Waals surface area contributed by atoms with Gasteiger partial charge in [-0.2, -0.15) is 0 Å². The number of aromatic nitrogens is 1. The van der Waals surface area contributed by atoms with E-state index in [-0.39, 0.29) is 0 Å². The van der Waals surface area contributed by atoms with Crippen molar-refractivity contribution in [2.45, 2.75) is 25.4 Å². The second-order valence-corrected chi connectivity index (χ2v) is 6.08. The number of benzene rings is 1. The third kappa shape index (κ3) is 3.84. The van der Waals surface area contributed by atoms with Crippen LogP contribution < -0.4 is 5.32 Å². The fraction of sp³-hybridized carbons (Fsp3) is 0.438. The molecule has 1 aromatic heterocycles. The second kappa shape index (κ2) is 6.60. The van der Waals surface area contributed by atoms with Gasteiger partial charge in [0.15, 0.2) is 0 Å². The fourth-order valence-corrected chi connectivity index (χ4v) is 2.95. The number of hydrogen-bond acceptors (Lipinski definition) is 4. The van der Waals surface area contributed by atoms with Gasteiger partial charge in [-0.1, -0.05) is 17.7 Å². The lowest BCUT2D eigenvalue weighted by atomic mass is 10.2. The monoisotopic (exact) mass is 305 g/mol. The minimum atomic E-state index is 0.606. The van der Waals surface area contributed by atoms with E-state index in [2.05, 4.69) is 22.2 Å². The first-order chi connectivity index (χ1) is 10.2. The number of likely N-dealkylation sites (N-methyl/N-ethyl adjacent to an activating group) is 1. The minimum Gasteiger partial charge on any atom is -0.444 e. The Kier molecular flexibility index (Phi) is 4.58. The highest BCUT2D eigenvalue weighted by Crippen LogP contribution is 2.22. The molecule has 1 aliphatic heterocycles. The van der Waals surface area contributed by atoms with Gasteiger partial charge < -0.3 is 9.73 Å². The van der Waals surface area contributed by atoms with E-state index >= 15 is 0 Å². The normalized spacial score (nSPS) is 18.5. The van der Waals surface area contributed by atoms with Crippen molar-refractivity contribution in [2.75, 3.05) is 20.1 Å². The highest BCUT2D eigenvalue weighted by atomic mass is 35.5. The van der Waals surface area contributed by atoms with E-state index in [1.807, 2.05) is 24.3 Å². The Labute approximate surface area is 130 Å². The summed E-state index contributed by atoms with van der Waals surface area (Å²) >= 11 is 6.00. The number of nitrogens with zero attached hydrogens (tertiary/aromatic N) is 2. The van der Waals surface area contributed by atoms with Crippen LogP contribution in [0, 0.1) is 0 Å². The Balaban J connectivity index is 1.62. The zero-order chi connectivity index (χ0) is 14.7. The first-order valence-corrected chi connectivity index (χ1v) is 7.71. The maximum Gasteiger partial charge on any atom is 0.226 e. The van der Waals surface area contributed by atoms with Crippen LogP contribution in [0.15, 0.2) is 34.9 Å². The van der Waals surface area contributed by atoms with Crippen molar-refractivity contribution < 1.29 is 4.42 Å². The molecule has 1 aromatic carbocycles. The molecule has 0 radical (unpaired) electrons. The van der Waals surface area contributed by atoms with Gasteiger partial charge in [0.1, 0.15) is 6.26 Å². The van der Waals surface area contributed by atoms with Crippen molar-refractivity contribution in [3.63, 3.8) is 0 Å². The second-order valence-electron chi connectivity index (χ2n) is 5.64. The molecule has 1 fully saturated rings. The highest BCUT2D eigenvalue weighted by molar-refractivity contribution is 6.30. The van der Waals surface area contributed by atoms with Crippen molar-refractivity contribution in [1.82, 2.24) is 15.2 Å². The van der Waals surface area contributed by atoms with Crippen LogP contribution >= 0.6 is 11.6 Å². The summed E-state index contributed by atoms with van der Waals surface area (Å²) in [5.74, 6) is 0.625. The predicted molar refractivity (Wildman–Crippen MR) is 84.3 cm³/mol. The van der Waals surface area contributed by atoms with E-state index < -0.39 is 0 Å². The summed E-state index contributed by atoms with van der Waals surface area (Å²) in [6.45, 7) is 2.98. The van der Waals surface area contributed by atoms with Gasteiger partial charge >= 0.3 is 0 Å². The molecule has 3 rings (SSSR count). The Morgan fingerprint density at radius 1 is 1.48 bits per heavy atom. The summed E-state index contributed by atoms with van der Waals surface area (Å²) in [7, 11) is 2.12. The van der Waals surface area contributed by atoms with Crippen LogP contribution in [0.4, 0.5) is 0 Å². The average Bonchev–Trinajstić information content (AvgIpc) is 3.10. The molecule has 1 atom stereocenters. The number of nitrogens with one attached hydrogen (secondary N) is 1. The highest BCUT2D eigenvalue weighted by Gasteiger charge is 2.17. The largest absolute Gasteiger partial charge is 0.444 e. The van der Waals surface area contributed by atoms with Gasteiger partial charge in [0.25, 0.3) is 0 Å². The molecule has 1 unspecified atom stereocenters. The Morgan fingerprint density at radius 3 is 3.14 bits per heavy atom. The molecule has 1 saturated heterocycles. The van der Waals surface area contributed by atoms with Crippen LogP contribution in [0.3, 0.4) is 0 Å². The topological polar surface area (TPSA) is 41.3 Å². The van der Waals surface area contributed by atoms with Crippen molar-refractivity contribution in [3.05, 3.63) is 41.2 Å². The van der Waals surface area contributed by atoms with Gasteiger partial charge in [-0.15, -0.1) is 0 Å². The molecule has 0 amide bonds. The van der Waals surface area contributed by atoms with E-state index in [1.54, 1.807) is 6.26 Å². The Hall–Kier alpha value is -1.36. The lowest BCUT2D eigenvalue weighted by molar-refractivity contribution is 0.290. The number of hydrogen-bond donors (Lipinski definition) is 1. The lowest BCUT2D eigenvalue weighted by Crippen LogP contribution is -2.35. The molecule has 4 nitrogen and oxygen atoms in total. The van der Waals surface area contributed by atoms with Crippen LogP contribution in [-0.4, -0.2) is 36.1 Å². The van der Waals surface area contributed by atoms with Crippen LogP contribution in [0.1, 0.15) is 18.5 Å². The quantitative estimate of drug-likeness (QED) is 0.921. The van der Waals surface area contributed by atoms with Crippen molar-refractivity contribution >= 4 is 11.6 Å². The third-order valence-corrected chi connectivity index (χ3v) is 3.98. The Bertz CT molecular complexity index is 593. The summed E-state index contributed by atoms with van der Waals surface area (Å²) < 4.78 is 5.56. The summed E-state index contributed by atoms with van der Waals surface area (Å²) in [5.41, 5.74) is 1.86. The fourth-order valence-electron chi connectivity index (χ4n) is 2.76. The van der Waals surface area contributed by atoms with Crippen molar-refractivity contribution in [2.24, 2.45) is 0 Å². The standard InChI is InChI=1S/C16H20ClN3O/c1-20(9-14-6-3-7-18-14)10-15-11-21-16(19-15)12-4-2-5-13(17)8-12/h2,4-5,8,11,14,18H,3,6-7,9-10H2,1H3. The Morgan fingerprint density at radius 2 is 2.38 bits per heavy atom. The van der Waals surface area contributed by atoms with Crippen LogP contribution in [0.5, 0.6) is 0 Å². The molecule has 1 aliphatic rings. The van der Waals surface area contributed by atoms with E-state index in [0.29, 0.717) is 17.0 Å². The summed E-state index contributed by atoms with van der Waals surface area (Å²) in [6, 6.07) is 8.17. The van der Waals surface area contributed by atoms with E-state index in [0.717, 1.165) is 30.9 Å². The summed E-state index contributed by atoms with van der Waals surface area (Å²) in [4.78, 5) is 6.83. The molecule has 0 spiro atoms. The van der Waals surface area contributed by atoms with Gasteiger partial charge in [0.05, 0.1) is 5.69 Å². The molecule has 2 heterocycles. The van der Waals surface area contributed by atoms with Crippen LogP contribution in [0.25, 0.3) is 11.5 Å². The molecule has 1 N–H and O–H groups in total. The van der Waals surface area contributed by atoms with E-state index in [4.69, 9.17) is 16.0 Å². The molecule has 2 aromatic rings. The van der Waals surface area contributed by atoms with Crippen molar-refractivity contribution in [3.8, 4) is 11.5 Å². The summed E-state index contributed by atoms with van der Waals surface area (Å²) in [6.07, 6.45) is 4.27. The number of oxazole rings is 1. The van der Waals surface area contributed by atoms with Gasteiger partial charge in [0, 0.05) is 29.7 Å². The first-order valence-electron chi connectivity index (χ1n) is 7.33. The number of rotatable bonds is 5. The van der Waals surface area contributed by atoms with E-state index in [9.17, 15) is 0 Å². The van der Waals surface area contributed by atoms with Gasteiger partial charge in [0.2, 0.25) is 5.89 Å². The zero-order valence-corrected chi connectivity index (χ0v) is 12.9. The SMILES string of the molecule is CN(Cc1coc(-c2cccc(Cl)c2)n1)CC1CCCN1. The molecular weight excluding hydrogens is 286 g/mol. The lowest BCUT2D eigenvalue weighted by Gasteiger charge is -2.19. The van der Waals surface area contributed by atoms with Crippen LogP contribution in [-0.2, 0) is 6.54 Å². The molecule has 0 saturated carbocycles. The van der Waals surface area contributed by atoms with Gasteiger partial charge in [-0.05, 0) is 44.6 Å². The maximum absolute atomic E-state index is 6.00. The first kappa shape index (κ1) is 14.6. The maximum atomic E-state index is 6.00. The molecular formula is C16H20ClN3O.